The van der Waals surface area contributed by atoms with E-state index in [1.807, 2.05) is 18.7 Å². The van der Waals surface area contributed by atoms with Crippen molar-refractivity contribution < 1.29 is 28.2 Å². The highest BCUT2D eigenvalue weighted by molar-refractivity contribution is 7.99. The van der Waals surface area contributed by atoms with Crippen LogP contribution in [0.4, 0.5) is 14.5 Å². The van der Waals surface area contributed by atoms with Crippen LogP contribution in [0.3, 0.4) is 0 Å². The molecule has 0 aliphatic carbocycles. The van der Waals surface area contributed by atoms with Crippen LogP contribution in [0.5, 0.6) is 5.75 Å². The normalized spacial score (nSPS) is 18.7. The van der Waals surface area contributed by atoms with Gasteiger partial charge in [0.25, 0.3) is 5.91 Å². The first-order valence-electron chi connectivity index (χ1n) is 14.9. The number of anilines is 1. The van der Waals surface area contributed by atoms with E-state index in [1.165, 1.54) is 21.5 Å². The summed E-state index contributed by atoms with van der Waals surface area (Å²) in [5.74, 6) is -0.579. The van der Waals surface area contributed by atoms with Gasteiger partial charge in [-0.25, -0.2) is 9.50 Å². The molecular formula is C30H36F2N8O4S. The quantitative estimate of drug-likeness (QED) is 0.235. The second-order valence-electron chi connectivity index (χ2n) is 11.3. The zero-order chi connectivity index (χ0) is 31.5. The van der Waals surface area contributed by atoms with Crippen molar-refractivity contribution in [3.05, 3.63) is 54.6 Å². The number of rotatable bonds is 11. The number of carbonyl (C=O) groups is 1. The van der Waals surface area contributed by atoms with E-state index in [0.717, 1.165) is 37.6 Å². The maximum Gasteiger partial charge on any atom is 0.387 e. The van der Waals surface area contributed by atoms with E-state index in [4.69, 9.17) is 14.6 Å². The molecule has 15 heteroatoms. The third-order valence-corrected chi connectivity index (χ3v) is 8.87. The molecule has 2 fully saturated rings. The van der Waals surface area contributed by atoms with Gasteiger partial charge in [-0.15, -0.1) is 11.8 Å². The maximum atomic E-state index is 13.5. The van der Waals surface area contributed by atoms with Gasteiger partial charge in [-0.2, -0.15) is 19.0 Å². The number of carbonyl (C=O) groups excluding carboxylic acids is 1. The predicted octanol–water partition coefficient (Wildman–Crippen LogP) is 3.67. The van der Waals surface area contributed by atoms with E-state index in [-0.39, 0.29) is 40.1 Å². The highest BCUT2D eigenvalue weighted by atomic mass is 32.2. The van der Waals surface area contributed by atoms with Gasteiger partial charge >= 0.3 is 6.61 Å². The van der Waals surface area contributed by atoms with Crippen molar-refractivity contribution >= 4 is 29.0 Å². The number of aliphatic hydroxyl groups excluding tert-OH is 1. The summed E-state index contributed by atoms with van der Waals surface area (Å²) >= 11 is 1.56. The van der Waals surface area contributed by atoms with Crippen molar-refractivity contribution in [2.24, 2.45) is 0 Å². The fraction of sp³-hybridized carbons (Fsp3) is 0.467. The Balaban J connectivity index is 1.29. The molecule has 5 heterocycles. The summed E-state index contributed by atoms with van der Waals surface area (Å²) in [6, 6.07) is 7.04. The number of ether oxygens (including phenoxy) is 2. The Hall–Kier alpha value is -3.63. The predicted molar refractivity (Wildman–Crippen MR) is 165 cm³/mol. The molecule has 2 aliphatic heterocycles. The molecule has 240 valence electrons. The molecule has 4 aromatic rings. The second kappa shape index (κ2) is 13.8. The van der Waals surface area contributed by atoms with Gasteiger partial charge in [0.1, 0.15) is 23.2 Å². The van der Waals surface area contributed by atoms with Crippen molar-refractivity contribution in [2.45, 2.75) is 55.8 Å². The van der Waals surface area contributed by atoms with Crippen LogP contribution in [0, 0.1) is 0 Å². The van der Waals surface area contributed by atoms with Gasteiger partial charge in [0, 0.05) is 73.1 Å². The highest BCUT2D eigenvalue weighted by Crippen LogP contribution is 2.39. The summed E-state index contributed by atoms with van der Waals surface area (Å²) in [6.45, 7) is 5.61. The molecule has 0 radical (unpaired) electrons. The molecule has 1 amide bonds. The lowest BCUT2D eigenvalue weighted by Gasteiger charge is -2.39. The molecule has 1 aromatic carbocycles. The number of amides is 1. The molecule has 6 rings (SSSR count). The monoisotopic (exact) mass is 642 g/mol. The summed E-state index contributed by atoms with van der Waals surface area (Å²) in [7, 11) is 0. The molecule has 2 atom stereocenters. The number of fused-ring (bicyclic) bond motifs is 1. The highest BCUT2D eigenvalue weighted by Gasteiger charge is 2.30. The molecule has 12 nitrogen and oxygen atoms in total. The molecule has 3 aromatic heterocycles. The molecule has 45 heavy (non-hydrogen) atoms. The number of benzene rings is 1. The second-order valence-corrected chi connectivity index (χ2v) is 12.9. The summed E-state index contributed by atoms with van der Waals surface area (Å²) in [4.78, 5) is 23.0. The van der Waals surface area contributed by atoms with Crippen LogP contribution in [-0.4, -0.2) is 109 Å². The fourth-order valence-corrected chi connectivity index (χ4v) is 6.59. The van der Waals surface area contributed by atoms with Gasteiger partial charge in [0.2, 0.25) is 0 Å². The van der Waals surface area contributed by atoms with Crippen LogP contribution in [0.2, 0.25) is 0 Å². The summed E-state index contributed by atoms with van der Waals surface area (Å²) in [5, 5.41) is 23.2. The number of aliphatic hydroxyl groups is 1. The average Bonchev–Trinajstić information content (AvgIpc) is 3.78. The SMILES string of the molecule is CC(C)Sc1ccc(OC(F)F)c(-c2nn(CC(O)N3CCN(C4CCOC4)CC3)cc2NC(=O)c2cnn3cccnc23)c1. The minimum Gasteiger partial charge on any atom is -0.434 e. The van der Waals surface area contributed by atoms with Crippen LogP contribution in [0.15, 0.2) is 53.9 Å². The number of piperazine rings is 1. The molecule has 2 unspecified atom stereocenters. The first-order chi connectivity index (χ1) is 21.7. The Labute approximate surface area is 263 Å². The summed E-state index contributed by atoms with van der Waals surface area (Å²) in [6.07, 6.45) is 6.41. The number of nitrogens with zero attached hydrogens (tertiary/aromatic N) is 7. The van der Waals surface area contributed by atoms with Crippen LogP contribution < -0.4 is 10.1 Å². The lowest BCUT2D eigenvalue weighted by atomic mass is 10.1. The van der Waals surface area contributed by atoms with Gasteiger partial charge < -0.3 is 19.9 Å². The number of thioether (sulfide) groups is 1. The van der Waals surface area contributed by atoms with E-state index in [9.17, 15) is 18.7 Å². The zero-order valence-electron chi connectivity index (χ0n) is 25.1. The molecule has 2 saturated heterocycles. The Morgan fingerprint density at radius 2 is 2.07 bits per heavy atom. The van der Waals surface area contributed by atoms with E-state index in [0.29, 0.717) is 24.8 Å². The maximum absolute atomic E-state index is 13.5. The Morgan fingerprint density at radius 1 is 1.24 bits per heavy atom. The summed E-state index contributed by atoms with van der Waals surface area (Å²) < 4.78 is 40.4. The zero-order valence-corrected chi connectivity index (χ0v) is 25.9. The van der Waals surface area contributed by atoms with Crippen LogP contribution in [0.1, 0.15) is 30.6 Å². The topological polar surface area (TPSA) is 122 Å². The van der Waals surface area contributed by atoms with Crippen molar-refractivity contribution in [2.75, 3.05) is 44.7 Å². The third-order valence-electron chi connectivity index (χ3n) is 7.87. The number of hydrogen-bond acceptors (Lipinski definition) is 10. The molecule has 0 bridgehead atoms. The molecule has 2 aliphatic rings. The minimum atomic E-state index is -3.06. The van der Waals surface area contributed by atoms with Crippen molar-refractivity contribution in [3.63, 3.8) is 0 Å². The van der Waals surface area contributed by atoms with Gasteiger partial charge in [0.05, 0.1) is 25.0 Å². The third kappa shape index (κ3) is 7.28. The average molecular weight is 643 g/mol. The first-order valence-corrected chi connectivity index (χ1v) is 15.8. The number of hydrogen-bond donors (Lipinski definition) is 2. The molecule has 2 N–H and O–H groups in total. The Kier molecular flexibility index (Phi) is 9.61. The van der Waals surface area contributed by atoms with Gasteiger partial charge in [-0.1, -0.05) is 13.8 Å². The van der Waals surface area contributed by atoms with Crippen molar-refractivity contribution in [3.8, 4) is 17.0 Å². The summed E-state index contributed by atoms with van der Waals surface area (Å²) in [5.41, 5.74) is 1.37. The lowest BCUT2D eigenvalue weighted by Crippen LogP contribution is -2.54. The van der Waals surface area contributed by atoms with Crippen LogP contribution in [0.25, 0.3) is 16.9 Å². The largest absolute Gasteiger partial charge is 0.434 e. The molecule has 0 saturated carbocycles. The van der Waals surface area contributed by atoms with Crippen molar-refractivity contribution in [1.82, 2.24) is 34.2 Å². The van der Waals surface area contributed by atoms with Gasteiger partial charge in [-0.05, 0) is 30.7 Å². The number of alkyl halides is 2. The minimum absolute atomic E-state index is 0.0796. The molecule has 0 spiro atoms. The van der Waals surface area contributed by atoms with Crippen molar-refractivity contribution in [1.29, 1.82) is 0 Å². The number of aromatic nitrogens is 5. The van der Waals surface area contributed by atoms with E-state index < -0.39 is 18.7 Å². The lowest BCUT2D eigenvalue weighted by molar-refractivity contribution is -0.0494. The van der Waals surface area contributed by atoms with E-state index in [2.05, 4.69) is 20.3 Å². The van der Waals surface area contributed by atoms with Crippen LogP contribution in [-0.2, 0) is 11.3 Å². The molecular weight excluding hydrogens is 606 g/mol. The number of nitrogens with one attached hydrogen (secondary N) is 1. The Morgan fingerprint density at radius 3 is 2.80 bits per heavy atom. The Bertz CT molecular complexity index is 1620. The van der Waals surface area contributed by atoms with E-state index >= 15 is 0 Å². The van der Waals surface area contributed by atoms with Crippen LogP contribution >= 0.6 is 11.8 Å². The van der Waals surface area contributed by atoms with E-state index in [1.54, 1.807) is 48.6 Å². The van der Waals surface area contributed by atoms with Gasteiger partial charge in [-0.3, -0.25) is 19.3 Å². The van der Waals surface area contributed by atoms with Gasteiger partial charge in [0.15, 0.2) is 5.65 Å². The smallest absolute Gasteiger partial charge is 0.387 e. The first kappa shape index (κ1) is 31.4. The number of halogens is 2. The standard InChI is InChI=1S/C30H36F2N8O4S/c1-19(2)45-21-4-5-25(44-30(31)32)22(14-21)27-24(35-29(42)23-15-34-40-8-3-7-33-28(23)40)16-39(36-27)17-26(41)38-11-9-37(10-12-38)20-6-13-43-18-20/h3-5,7-8,14-16,19-20,26,30,41H,6,9-13,17-18H2,1-2H3,(H,35,42). The fourth-order valence-electron chi connectivity index (χ4n) is 5.71.